The Morgan fingerprint density at radius 2 is 1.95 bits per heavy atom. The van der Waals surface area contributed by atoms with Gasteiger partial charge < -0.3 is 16.6 Å². The number of nitrogens with two attached hydrogens (primary N) is 2. The second-order valence-corrected chi connectivity index (χ2v) is 6.22. The van der Waals surface area contributed by atoms with Crippen LogP contribution in [0.25, 0.3) is 0 Å². The first-order valence-electron chi connectivity index (χ1n) is 6.05. The molecule has 21 heavy (non-hydrogen) atoms. The molecule has 1 fully saturated rings. The molecule has 0 unspecified atom stereocenters. The van der Waals surface area contributed by atoms with Gasteiger partial charge in [0.1, 0.15) is 12.2 Å². The number of hydrogen-bond acceptors (Lipinski definition) is 6. The van der Waals surface area contributed by atoms with Gasteiger partial charge in [0.25, 0.3) is 0 Å². The van der Waals surface area contributed by atoms with Gasteiger partial charge in [-0.1, -0.05) is 18.2 Å². The summed E-state index contributed by atoms with van der Waals surface area (Å²) >= 11 is 0. The van der Waals surface area contributed by atoms with Crippen LogP contribution in [0.4, 0.5) is 5.69 Å². The minimum Gasteiger partial charge on any atom is -1.00 e. The molecule has 0 aliphatic carbocycles. The maximum atomic E-state index is 10.9. The third-order valence-corrected chi connectivity index (χ3v) is 3.35. The average Bonchev–Trinajstić information content (AvgIpc) is 2.62. The zero-order valence-electron chi connectivity index (χ0n) is 13.3. The summed E-state index contributed by atoms with van der Waals surface area (Å²) in [5.41, 5.74) is 7.18. The Balaban J connectivity index is 0.00000220. The van der Waals surface area contributed by atoms with E-state index < -0.39 is 28.3 Å². The summed E-state index contributed by atoms with van der Waals surface area (Å²) in [4.78, 5) is 0. The fourth-order valence-corrected chi connectivity index (χ4v) is 2.48. The quantitative estimate of drug-likeness (QED) is 0.479. The van der Waals surface area contributed by atoms with Crippen molar-refractivity contribution >= 4 is 16.0 Å². The summed E-state index contributed by atoms with van der Waals surface area (Å²) in [7, 11) is -4.03. The van der Waals surface area contributed by atoms with Crippen molar-refractivity contribution in [3.8, 4) is 0 Å². The number of para-hydroxylation sites is 1. The molecule has 1 heterocycles. The molecule has 0 bridgehead atoms. The number of anilines is 1. The van der Waals surface area contributed by atoms with Gasteiger partial charge in [-0.2, -0.15) is 8.42 Å². The van der Waals surface area contributed by atoms with E-state index in [0.29, 0.717) is 5.69 Å². The summed E-state index contributed by atoms with van der Waals surface area (Å²) in [5.74, 6) is -0.862. The fraction of sp³-hybridized carbons (Fsp3) is 0.500. The number of ether oxygens (including phenoxy) is 2. The third kappa shape index (κ3) is 5.19. The molecule has 0 amide bonds. The molecule has 1 aromatic rings. The van der Waals surface area contributed by atoms with Gasteiger partial charge in [-0.25, -0.2) is 5.14 Å². The SMILES string of the molecule is CC1(C)O[C@@H](COS(N)(=O)=O)[C@H](c2ccccc2N)O1.[H-].[Na+]. The summed E-state index contributed by atoms with van der Waals surface area (Å²) in [6.45, 7) is 3.23. The summed E-state index contributed by atoms with van der Waals surface area (Å²) in [6.07, 6.45) is -1.14. The van der Waals surface area contributed by atoms with Crippen molar-refractivity contribution in [3.05, 3.63) is 29.8 Å². The van der Waals surface area contributed by atoms with Gasteiger partial charge in [0.2, 0.25) is 0 Å². The topological polar surface area (TPSA) is 114 Å². The minimum atomic E-state index is -4.03. The second-order valence-electron chi connectivity index (χ2n) is 5.00. The van der Waals surface area contributed by atoms with E-state index in [4.69, 9.17) is 20.3 Å². The van der Waals surface area contributed by atoms with Crippen molar-refractivity contribution in [1.29, 1.82) is 0 Å². The van der Waals surface area contributed by atoms with Crippen LogP contribution in [0, 0.1) is 0 Å². The molecule has 1 aliphatic rings. The zero-order chi connectivity index (χ0) is 15.0. The first-order chi connectivity index (χ1) is 9.18. The van der Waals surface area contributed by atoms with Crippen LogP contribution in [0.15, 0.2) is 24.3 Å². The maximum Gasteiger partial charge on any atom is 1.00 e. The molecule has 0 saturated carbocycles. The molecule has 1 aromatic carbocycles. The minimum absolute atomic E-state index is 0. The molecule has 1 aliphatic heterocycles. The van der Waals surface area contributed by atoms with E-state index in [2.05, 4.69) is 4.18 Å². The van der Waals surface area contributed by atoms with Crippen LogP contribution in [-0.2, 0) is 24.0 Å². The van der Waals surface area contributed by atoms with Gasteiger partial charge in [-0.3, -0.25) is 4.18 Å². The Bertz CT molecular complexity index is 599. The van der Waals surface area contributed by atoms with E-state index in [1.165, 1.54) is 0 Å². The normalized spacial score (nSPS) is 24.5. The number of nitrogen functional groups attached to an aromatic ring is 1. The Morgan fingerprint density at radius 3 is 2.52 bits per heavy atom. The third-order valence-electron chi connectivity index (χ3n) is 2.88. The zero-order valence-corrected chi connectivity index (χ0v) is 15.1. The van der Waals surface area contributed by atoms with E-state index in [-0.39, 0.29) is 37.6 Å². The molecule has 114 valence electrons. The van der Waals surface area contributed by atoms with Crippen molar-refractivity contribution in [2.24, 2.45) is 5.14 Å². The predicted molar refractivity (Wildman–Crippen MR) is 73.8 cm³/mol. The number of rotatable bonds is 4. The van der Waals surface area contributed by atoms with Crippen LogP contribution in [0.2, 0.25) is 0 Å². The van der Waals surface area contributed by atoms with Crippen molar-refractivity contribution < 1.29 is 53.1 Å². The fourth-order valence-electron chi connectivity index (χ4n) is 2.15. The molecule has 0 spiro atoms. The molecule has 7 nitrogen and oxygen atoms in total. The van der Waals surface area contributed by atoms with E-state index in [0.717, 1.165) is 5.56 Å². The first kappa shape index (κ1) is 18.9. The summed E-state index contributed by atoms with van der Waals surface area (Å²) in [6, 6.07) is 7.16. The smallest absolute Gasteiger partial charge is 1.00 e. The standard InChI is InChI=1S/C12H18N2O5S.Na.H/c1-12(2)18-10(7-17-20(14,15)16)11(19-12)8-5-3-4-6-9(8)13;;/h3-6,10-11H,7,13H2,1-2H3,(H2,14,15,16);;/q;+1;-1/t10-,11-;;/m0../s1. The molecule has 2 atom stereocenters. The van der Waals surface area contributed by atoms with E-state index in [1.807, 2.05) is 6.07 Å². The molecule has 9 heteroatoms. The molecule has 1 saturated heterocycles. The van der Waals surface area contributed by atoms with Gasteiger partial charge in [-0.05, 0) is 19.9 Å². The number of hydrogen-bond donors (Lipinski definition) is 2. The van der Waals surface area contributed by atoms with Crippen LogP contribution in [0.5, 0.6) is 0 Å². The van der Waals surface area contributed by atoms with Gasteiger partial charge in [-0.15, -0.1) is 0 Å². The molecular weight excluding hydrogens is 307 g/mol. The Hall–Kier alpha value is -0.190. The average molecular weight is 326 g/mol. The van der Waals surface area contributed by atoms with Crippen LogP contribution in [0.3, 0.4) is 0 Å². The van der Waals surface area contributed by atoms with Crippen LogP contribution in [0.1, 0.15) is 26.9 Å². The van der Waals surface area contributed by atoms with Crippen molar-refractivity contribution in [1.82, 2.24) is 0 Å². The Labute approximate surface area is 148 Å². The second kappa shape index (κ2) is 6.93. The van der Waals surface area contributed by atoms with Gasteiger partial charge in [0, 0.05) is 11.3 Å². The van der Waals surface area contributed by atoms with Gasteiger partial charge in [0.05, 0.1) is 6.61 Å². The van der Waals surface area contributed by atoms with Gasteiger partial charge in [0.15, 0.2) is 5.79 Å². The van der Waals surface area contributed by atoms with E-state index in [9.17, 15) is 8.42 Å². The van der Waals surface area contributed by atoms with Crippen molar-refractivity contribution in [2.45, 2.75) is 31.8 Å². The molecular formula is C12H19N2NaO5S. The molecule has 2 rings (SSSR count). The van der Waals surface area contributed by atoms with Crippen LogP contribution in [-0.4, -0.2) is 26.9 Å². The molecule has 4 N–H and O–H groups in total. The number of benzene rings is 1. The Kier molecular flexibility index (Phi) is 6.22. The predicted octanol–water partition coefficient (Wildman–Crippen LogP) is -2.20. The summed E-state index contributed by atoms with van der Waals surface area (Å²) < 4.78 is 37.8. The Morgan fingerprint density at radius 1 is 1.33 bits per heavy atom. The largest absolute Gasteiger partial charge is 1.00 e. The summed E-state index contributed by atoms with van der Waals surface area (Å²) in [5, 5.41) is 4.82. The van der Waals surface area contributed by atoms with Crippen molar-refractivity contribution in [2.75, 3.05) is 12.3 Å². The van der Waals surface area contributed by atoms with E-state index in [1.54, 1.807) is 32.0 Å². The monoisotopic (exact) mass is 326 g/mol. The maximum absolute atomic E-state index is 10.9. The van der Waals surface area contributed by atoms with E-state index >= 15 is 0 Å². The van der Waals surface area contributed by atoms with Crippen LogP contribution >= 0.6 is 0 Å². The first-order valence-corrected chi connectivity index (χ1v) is 7.52. The van der Waals surface area contributed by atoms with Crippen molar-refractivity contribution in [3.63, 3.8) is 0 Å². The molecule has 0 aromatic heterocycles. The molecule has 0 radical (unpaired) electrons. The van der Waals surface area contributed by atoms with Gasteiger partial charge >= 0.3 is 39.9 Å². The van der Waals surface area contributed by atoms with Crippen LogP contribution < -0.4 is 40.4 Å².